The number of carbonyl (C=O) groups is 1. The standard InChI is InChI=1S/C25H29N3O6S2/c1-17-6-11-22(16-18(17)2)28(35(5,30)31)19(3)25(29)26-20-9-14-24(15-10-20)36(32,33)27-21-7-12-23(34-4)13-8-21/h6-16,19,27H,1-5H3,(H,26,29). The highest BCUT2D eigenvalue weighted by molar-refractivity contribution is 7.92. The Kier molecular flexibility index (Phi) is 7.95. The van der Waals surface area contributed by atoms with Crippen molar-refractivity contribution in [2.45, 2.75) is 31.7 Å². The Morgan fingerprint density at radius 2 is 1.44 bits per heavy atom. The van der Waals surface area contributed by atoms with E-state index in [-0.39, 0.29) is 4.90 Å². The van der Waals surface area contributed by atoms with Gasteiger partial charge in [0.2, 0.25) is 15.9 Å². The van der Waals surface area contributed by atoms with Crippen LogP contribution in [0.25, 0.3) is 0 Å². The second kappa shape index (κ2) is 10.6. The van der Waals surface area contributed by atoms with Gasteiger partial charge in [0.05, 0.1) is 23.9 Å². The maximum absolute atomic E-state index is 12.9. The van der Waals surface area contributed by atoms with Crippen molar-refractivity contribution in [3.63, 3.8) is 0 Å². The summed E-state index contributed by atoms with van der Waals surface area (Å²) in [5.41, 5.74) is 2.97. The van der Waals surface area contributed by atoms with Crippen molar-refractivity contribution in [2.75, 3.05) is 27.7 Å². The van der Waals surface area contributed by atoms with Crippen LogP contribution in [0.4, 0.5) is 17.1 Å². The third-order valence-electron chi connectivity index (χ3n) is 5.61. The van der Waals surface area contributed by atoms with E-state index in [1.165, 1.54) is 38.3 Å². The number of aryl methyl sites for hydroxylation is 2. The van der Waals surface area contributed by atoms with Crippen LogP contribution in [0.3, 0.4) is 0 Å². The molecule has 0 aliphatic carbocycles. The molecule has 0 aliphatic heterocycles. The second-order valence-electron chi connectivity index (χ2n) is 8.35. The lowest BCUT2D eigenvalue weighted by Gasteiger charge is -2.28. The minimum Gasteiger partial charge on any atom is -0.497 e. The third-order valence-corrected chi connectivity index (χ3v) is 8.25. The fraction of sp³-hybridized carbons (Fsp3) is 0.240. The first-order valence-corrected chi connectivity index (χ1v) is 14.3. The van der Waals surface area contributed by atoms with Crippen LogP contribution < -0.4 is 19.1 Å². The van der Waals surface area contributed by atoms with Gasteiger partial charge in [-0.15, -0.1) is 0 Å². The van der Waals surface area contributed by atoms with Crippen LogP contribution in [-0.2, 0) is 24.8 Å². The summed E-state index contributed by atoms with van der Waals surface area (Å²) < 4.78 is 59.1. The van der Waals surface area contributed by atoms with Crippen molar-refractivity contribution >= 4 is 43.0 Å². The summed E-state index contributed by atoms with van der Waals surface area (Å²) in [4.78, 5) is 12.9. The lowest BCUT2D eigenvalue weighted by atomic mass is 10.1. The zero-order chi connectivity index (χ0) is 26.7. The van der Waals surface area contributed by atoms with Crippen molar-refractivity contribution in [1.29, 1.82) is 0 Å². The van der Waals surface area contributed by atoms with Gasteiger partial charge in [-0.25, -0.2) is 16.8 Å². The normalized spacial score (nSPS) is 12.5. The molecule has 0 radical (unpaired) electrons. The SMILES string of the molecule is COc1ccc(NS(=O)(=O)c2ccc(NC(=O)C(C)N(c3ccc(C)c(C)c3)S(C)(=O)=O)cc2)cc1. The van der Waals surface area contributed by atoms with Crippen LogP contribution in [0, 0.1) is 13.8 Å². The minimum absolute atomic E-state index is 0.00254. The van der Waals surface area contributed by atoms with Crippen LogP contribution >= 0.6 is 0 Å². The molecule has 0 aromatic heterocycles. The Morgan fingerprint density at radius 1 is 0.861 bits per heavy atom. The molecule has 36 heavy (non-hydrogen) atoms. The molecule has 1 unspecified atom stereocenters. The number of amides is 1. The number of ether oxygens (including phenoxy) is 1. The average Bonchev–Trinajstić information content (AvgIpc) is 2.81. The summed E-state index contributed by atoms with van der Waals surface area (Å²) in [5, 5.41) is 2.66. The van der Waals surface area contributed by atoms with Crippen molar-refractivity contribution in [3.05, 3.63) is 77.9 Å². The lowest BCUT2D eigenvalue weighted by Crippen LogP contribution is -2.45. The number of rotatable bonds is 9. The molecule has 0 saturated heterocycles. The molecule has 2 N–H and O–H groups in total. The Hall–Kier alpha value is -3.57. The van der Waals surface area contributed by atoms with Crippen LogP contribution in [0.5, 0.6) is 5.75 Å². The van der Waals surface area contributed by atoms with Gasteiger partial charge in [0.15, 0.2) is 0 Å². The zero-order valence-electron chi connectivity index (χ0n) is 20.6. The van der Waals surface area contributed by atoms with Crippen molar-refractivity contribution in [2.24, 2.45) is 0 Å². The number of benzene rings is 3. The molecule has 1 amide bonds. The number of nitrogens with zero attached hydrogens (tertiary/aromatic N) is 1. The molecule has 3 aromatic carbocycles. The number of carbonyl (C=O) groups excluding carboxylic acids is 1. The molecule has 0 bridgehead atoms. The largest absolute Gasteiger partial charge is 0.497 e. The van der Waals surface area contributed by atoms with E-state index in [1.54, 1.807) is 42.5 Å². The molecule has 3 rings (SSSR count). The monoisotopic (exact) mass is 531 g/mol. The summed E-state index contributed by atoms with van der Waals surface area (Å²) in [6.45, 7) is 5.27. The summed E-state index contributed by atoms with van der Waals surface area (Å²) in [6, 6.07) is 16.1. The van der Waals surface area contributed by atoms with Gasteiger partial charge in [-0.3, -0.25) is 13.8 Å². The van der Waals surface area contributed by atoms with Gasteiger partial charge >= 0.3 is 0 Å². The number of sulfonamides is 2. The molecule has 3 aromatic rings. The number of anilines is 3. The molecule has 9 nitrogen and oxygen atoms in total. The Labute approximate surface area is 212 Å². The smallest absolute Gasteiger partial charge is 0.261 e. The second-order valence-corrected chi connectivity index (χ2v) is 11.9. The number of hydrogen-bond donors (Lipinski definition) is 2. The van der Waals surface area contributed by atoms with Gasteiger partial charge in [-0.05, 0) is 92.6 Å². The van der Waals surface area contributed by atoms with Gasteiger partial charge in [0.25, 0.3) is 10.0 Å². The summed E-state index contributed by atoms with van der Waals surface area (Å²) in [5.74, 6) is 0.0323. The molecular weight excluding hydrogens is 502 g/mol. The predicted octanol–water partition coefficient (Wildman–Crippen LogP) is 3.91. The van der Waals surface area contributed by atoms with Crippen molar-refractivity contribution in [1.82, 2.24) is 0 Å². The highest BCUT2D eigenvalue weighted by Gasteiger charge is 2.29. The van der Waals surface area contributed by atoms with Crippen molar-refractivity contribution < 1.29 is 26.4 Å². The first-order chi connectivity index (χ1) is 16.8. The average molecular weight is 532 g/mol. The lowest BCUT2D eigenvalue weighted by molar-refractivity contribution is -0.116. The Bertz CT molecular complexity index is 1450. The van der Waals surface area contributed by atoms with E-state index in [9.17, 15) is 21.6 Å². The maximum atomic E-state index is 12.9. The van der Waals surface area contributed by atoms with Gasteiger partial charge in [0, 0.05) is 11.4 Å². The van der Waals surface area contributed by atoms with Crippen LogP contribution in [0.2, 0.25) is 0 Å². The van der Waals surface area contributed by atoms with E-state index in [0.29, 0.717) is 22.8 Å². The van der Waals surface area contributed by atoms with E-state index < -0.39 is 32.0 Å². The highest BCUT2D eigenvalue weighted by atomic mass is 32.2. The summed E-state index contributed by atoms with van der Waals surface area (Å²) >= 11 is 0. The third kappa shape index (κ3) is 6.35. The Balaban J connectivity index is 1.76. The first kappa shape index (κ1) is 27.0. The summed E-state index contributed by atoms with van der Waals surface area (Å²) in [6.07, 6.45) is 1.04. The molecule has 11 heteroatoms. The molecule has 192 valence electrons. The summed E-state index contributed by atoms with van der Waals surface area (Å²) in [7, 11) is -6.11. The Morgan fingerprint density at radius 3 is 1.97 bits per heavy atom. The predicted molar refractivity (Wildman–Crippen MR) is 142 cm³/mol. The molecule has 0 heterocycles. The number of methoxy groups -OCH3 is 1. The molecular formula is C25H29N3O6S2. The molecule has 0 spiro atoms. The van der Waals surface area contributed by atoms with Gasteiger partial charge in [-0.1, -0.05) is 6.07 Å². The van der Waals surface area contributed by atoms with E-state index >= 15 is 0 Å². The van der Waals surface area contributed by atoms with Crippen molar-refractivity contribution in [3.8, 4) is 5.75 Å². The maximum Gasteiger partial charge on any atom is 0.261 e. The number of hydrogen-bond acceptors (Lipinski definition) is 6. The topological polar surface area (TPSA) is 122 Å². The first-order valence-electron chi connectivity index (χ1n) is 11.0. The number of nitrogens with one attached hydrogen (secondary N) is 2. The van der Waals surface area contributed by atoms with Gasteiger partial charge < -0.3 is 10.1 Å². The quantitative estimate of drug-likeness (QED) is 0.432. The molecule has 0 aliphatic rings. The highest BCUT2D eigenvalue weighted by Crippen LogP contribution is 2.25. The van der Waals surface area contributed by atoms with E-state index in [1.807, 2.05) is 13.8 Å². The molecule has 1 atom stereocenters. The molecule has 0 fully saturated rings. The zero-order valence-corrected chi connectivity index (χ0v) is 22.3. The van der Waals surface area contributed by atoms with Crippen LogP contribution in [0.15, 0.2) is 71.6 Å². The molecule has 0 saturated carbocycles. The fourth-order valence-electron chi connectivity index (χ4n) is 3.51. The fourth-order valence-corrected chi connectivity index (χ4v) is 5.73. The van der Waals surface area contributed by atoms with E-state index in [4.69, 9.17) is 4.74 Å². The van der Waals surface area contributed by atoms with Gasteiger partial charge in [-0.2, -0.15) is 0 Å². The van der Waals surface area contributed by atoms with Crippen LogP contribution in [-0.4, -0.2) is 42.2 Å². The van der Waals surface area contributed by atoms with Gasteiger partial charge in [0.1, 0.15) is 11.8 Å². The van der Waals surface area contributed by atoms with E-state index in [2.05, 4.69) is 10.0 Å². The minimum atomic E-state index is -3.86. The van der Waals surface area contributed by atoms with Crippen LogP contribution in [0.1, 0.15) is 18.1 Å². The van der Waals surface area contributed by atoms with E-state index in [0.717, 1.165) is 21.7 Å².